The van der Waals surface area contributed by atoms with Crippen molar-refractivity contribution in [1.82, 2.24) is 15.1 Å². The number of aryl methyl sites for hydroxylation is 1. The van der Waals surface area contributed by atoms with Crippen LogP contribution in [0.25, 0.3) is 22.2 Å². The topological polar surface area (TPSA) is 118 Å². The molecule has 0 fully saturated rings. The Bertz CT molecular complexity index is 797. The molecule has 2 heterocycles. The van der Waals surface area contributed by atoms with Crippen LogP contribution in [-0.4, -0.2) is 25.3 Å². The summed E-state index contributed by atoms with van der Waals surface area (Å²) in [5, 5.41) is 23.5. The van der Waals surface area contributed by atoms with E-state index in [0.717, 1.165) is 15.6 Å². The lowest BCUT2D eigenvalue weighted by atomic mass is 10.2. The summed E-state index contributed by atoms with van der Waals surface area (Å²) in [5.74, 6) is 0.237. The first kappa shape index (κ1) is 13.5. The third-order valence-corrected chi connectivity index (χ3v) is 4.04. The van der Waals surface area contributed by atoms with Crippen molar-refractivity contribution in [3.8, 4) is 33.7 Å². The Labute approximate surface area is 123 Å². The van der Waals surface area contributed by atoms with Gasteiger partial charge in [0.15, 0.2) is 11.5 Å². The number of thiazole rings is 1. The molecule has 0 aliphatic rings. The van der Waals surface area contributed by atoms with Crippen LogP contribution >= 0.6 is 11.3 Å². The zero-order valence-corrected chi connectivity index (χ0v) is 11.9. The van der Waals surface area contributed by atoms with E-state index in [9.17, 15) is 10.2 Å². The average Bonchev–Trinajstić information content (AvgIpc) is 3.08. The summed E-state index contributed by atoms with van der Waals surface area (Å²) in [6.07, 6.45) is 0. The summed E-state index contributed by atoms with van der Waals surface area (Å²) in [6.45, 7) is 2.21. The number of phenolic OH excluding ortho intramolecular Hbond substituents is 2. The number of hydrogen-bond donors (Lipinski definition) is 3. The Hall–Kier alpha value is -2.45. The highest BCUT2D eigenvalue weighted by Crippen LogP contribution is 2.32. The maximum absolute atomic E-state index is 9.51. The van der Waals surface area contributed by atoms with E-state index in [2.05, 4.69) is 15.1 Å². The van der Waals surface area contributed by atoms with Crippen LogP contribution in [0.1, 0.15) is 10.7 Å². The van der Waals surface area contributed by atoms with E-state index in [1.54, 1.807) is 6.07 Å². The molecule has 21 heavy (non-hydrogen) atoms. The SMILES string of the molecule is Cc1nc(CN)sc1-c1nc(-c2ccc(O)c(O)c2)no1. The first-order valence-electron chi connectivity index (χ1n) is 6.11. The van der Waals surface area contributed by atoms with Crippen LogP contribution in [-0.2, 0) is 6.54 Å². The maximum Gasteiger partial charge on any atom is 0.270 e. The van der Waals surface area contributed by atoms with Crippen molar-refractivity contribution in [3.63, 3.8) is 0 Å². The van der Waals surface area contributed by atoms with E-state index in [0.29, 0.717) is 23.8 Å². The molecule has 108 valence electrons. The fourth-order valence-corrected chi connectivity index (χ4v) is 2.70. The van der Waals surface area contributed by atoms with Crippen LogP contribution in [0.4, 0.5) is 0 Å². The van der Waals surface area contributed by atoms with Gasteiger partial charge in [0.25, 0.3) is 5.89 Å². The molecule has 4 N–H and O–H groups in total. The number of hydrogen-bond acceptors (Lipinski definition) is 8. The quantitative estimate of drug-likeness (QED) is 0.633. The lowest BCUT2D eigenvalue weighted by Gasteiger charge is -1.98. The number of phenols is 2. The summed E-state index contributed by atoms with van der Waals surface area (Å²) in [6, 6.07) is 4.33. The monoisotopic (exact) mass is 304 g/mol. The number of nitrogens with zero attached hydrogens (tertiary/aromatic N) is 3. The van der Waals surface area contributed by atoms with Gasteiger partial charge >= 0.3 is 0 Å². The zero-order chi connectivity index (χ0) is 15.0. The molecule has 0 unspecified atom stereocenters. The number of aromatic hydroxyl groups is 2. The fraction of sp³-hybridized carbons (Fsp3) is 0.154. The minimum atomic E-state index is -0.238. The summed E-state index contributed by atoms with van der Waals surface area (Å²) in [5.41, 5.74) is 6.89. The Morgan fingerprint density at radius 3 is 2.71 bits per heavy atom. The van der Waals surface area contributed by atoms with Gasteiger partial charge in [-0.3, -0.25) is 0 Å². The Morgan fingerprint density at radius 1 is 1.24 bits per heavy atom. The molecule has 1 aromatic carbocycles. The van der Waals surface area contributed by atoms with Crippen LogP contribution in [0.3, 0.4) is 0 Å². The number of benzene rings is 1. The van der Waals surface area contributed by atoms with Crippen molar-refractivity contribution in [2.24, 2.45) is 5.73 Å². The van der Waals surface area contributed by atoms with Crippen LogP contribution in [0.5, 0.6) is 11.5 Å². The third kappa shape index (κ3) is 2.46. The minimum Gasteiger partial charge on any atom is -0.504 e. The van der Waals surface area contributed by atoms with Crippen molar-refractivity contribution < 1.29 is 14.7 Å². The van der Waals surface area contributed by atoms with Gasteiger partial charge < -0.3 is 20.5 Å². The third-order valence-electron chi connectivity index (χ3n) is 2.87. The van der Waals surface area contributed by atoms with Crippen molar-refractivity contribution in [3.05, 3.63) is 28.9 Å². The molecule has 0 atom stereocenters. The maximum atomic E-state index is 9.51. The summed E-state index contributed by atoms with van der Waals surface area (Å²) in [4.78, 5) is 9.37. The molecule has 0 bridgehead atoms. The van der Waals surface area contributed by atoms with Crippen LogP contribution in [0.15, 0.2) is 22.7 Å². The van der Waals surface area contributed by atoms with Gasteiger partial charge in [-0.1, -0.05) is 5.16 Å². The normalized spacial score (nSPS) is 11.0. The second-order valence-electron chi connectivity index (χ2n) is 4.35. The van der Waals surface area contributed by atoms with Gasteiger partial charge in [0, 0.05) is 12.1 Å². The molecule has 7 nitrogen and oxygen atoms in total. The van der Waals surface area contributed by atoms with Crippen LogP contribution in [0, 0.1) is 6.92 Å². The van der Waals surface area contributed by atoms with Crippen molar-refractivity contribution in [2.45, 2.75) is 13.5 Å². The molecule has 0 aliphatic heterocycles. The standard InChI is InChI=1S/C13H12N4O3S/c1-6-11(21-10(5-14)15-6)13-16-12(17-20-13)7-2-3-8(18)9(19)4-7/h2-4,18-19H,5,14H2,1H3. The smallest absolute Gasteiger partial charge is 0.270 e. The van der Waals surface area contributed by atoms with Gasteiger partial charge in [0.2, 0.25) is 5.82 Å². The lowest BCUT2D eigenvalue weighted by Crippen LogP contribution is -1.94. The molecule has 8 heteroatoms. The molecule has 0 spiro atoms. The van der Waals surface area contributed by atoms with Crippen molar-refractivity contribution >= 4 is 11.3 Å². The van der Waals surface area contributed by atoms with Gasteiger partial charge in [0.05, 0.1) is 5.69 Å². The predicted molar refractivity (Wildman–Crippen MR) is 76.8 cm³/mol. The number of nitrogens with two attached hydrogens (primary N) is 1. The Balaban J connectivity index is 1.99. The predicted octanol–water partition coefficient (Wildman–Crippen LogP) is 2.04. The van der Waals surface area contributed by atoms with Gasteiger partial charge in [-0.25, -0.2) is 4.98 Å². The van der Waals surface area contributed by atoms with Crippen molar-refractivity contribution in [1.29, 1.82) is 0 Å². The highest BCUT2D eigenvalue weighted by Gasteiger charge is 2.17. The molecular weight excluding hydrogens is 292 g/mol. The molecule has 3 rings (SSSR count). The summed E-state index contributed by atoms with van der Waals surface area (Å²) < 4.78 is 5.24. The highest BCUT2D eigenvalue weighted by atomic mass is 32.1. The number of rotatable bonds is 3. The second-order valence-corrected chi connectivity index (χ2v) is 5.44. The molecule has 0 saturated carbocycles. The molecule has 0 aliphatic carbocycles. The highest BCUT2D eigenvalue weighted by molar-refractivity contribution is 7.15. The Kier molecular flexibility index (Phi) is 3.32. The molecular formula is C13H12N4O3S. The minimum absolute atomic E-state index is 0.201. The molecule has 0 amide bonds. The molecule has 0 radical (unpaired) electrons. The fourth-order valence-electron chi connectivity index (χ4n) is 1.83. The summed E-state index contributed by atoms with van der Waals surface area (Å²) >= 11 is 1.40. The van der Waals surface area contributed by atoms with Gasteiger partial charge in [-0.2, -0.15) is 4.98 Å². The largest absolute Gasteiger partial charge is 0.504 e. The average molecular weight is 304 g/mol. The zero-order valence-electron chi connectivity index (χ0n) is 11.1. The van der Waals surface area contributed by atoms with Crippen LogP contribution < -0.4 is 5.73 Å². The van der Waals surface area contributed by atoms with E-state index < -0.39 is 0 Å². The molecule has 2 aromatic heterocycles. The number of aromatic nitrogens is 3. The van der Waals surface area contributed by atoms with Crippen LogP contribution in [0.2, 0.25) is 0 Å². The van der Waals surface area contributed by atoms with E-state index in [-0.39, 0.29) is 11.5 Å². The molecule has 0 saturated heterocycles. The summed E-state index contributed by atoms with van der Waals surface area (Å²) in [7, 11) is 0. The van der Waals surface area contributed by atoms with E-state index in [4.69, 9.17) is 10.3 Å². The molecule has 3 aromatic rings. The van der Waals surface area contributed by atoms with E-state index in [1.165, 1.54) is 23.5 Å². The van der Waals surface area contributed by atoms with Gasteiger partial charge in [-0.05, 0) is 25.1 Å². The second kappa shape index (κ2) is 5.15. The van der Waals surface area contributed by atoms with Gasteiger partial charge in [0.1, 0.15) is 9.88 Å². The van der Waals surface area contributed by atoms with Gasteiger partial charge in [-0.15, -0.1) is 11.3 Å². The van der Waals surface area contributed by atoms with E-state index in [1.807, 2.05) is 6.92 Å². The van der Waals surface area contributed by atoms with Crippen molar-refractivity contribution in [2.75, 3.05) is 0 Å². The first-order valence-corrected chi connectivity index (χ1v) is 6.93. The lowest BCUT2D eigenvalue weighted by molar-refractivity contribution is 0.404. The Morgan fingerprint density at radius 2 is 2.05 bits per heavy atom. The first-order chi connectivity index (χ1) is 10.1. The van der Waals surface area contributed by atoms with E-state index >= 15 is 0 Å².